The van der Waals surface area contributed by atoms with E-state index in [4.69, 9.17) is 0 Å². The van der Waals surface area contributed by atoms with E-state index in [9.17, 15) is 0 Å². The number of nitrogens with one attached hydrogen (secondary N) is 1. The zero-order valence-corrected chi connectivity index (χ0v) is 9.90. The maximum absolute atomic E-state index is 4.04. The van der Waals surface area contributed by atoms with E-state index in [-0.39, 0.29) is 0 Å². The lowest BCUT2D eigenvalue weighted by atomic mass is 10.1. The highest BCUT2D eigenvalue weighted by Crippen LogP contribution is 2.13. The van der Waals surface area contributed by atoms with Gasteiger partial charge in [0.1, 0.15) is 0 Å². The lowest BCUT2D eigenvalue weighted by Gasteiger charge is -2.12. The van der Waals surface area contributed by atoms with Crippen molar-refractivity contribution in [2.24, 2.45) is 0 Å². The fraction of sp³-hybridized carbons (Fsp3) is 0.900. The van der Waals surface area contributed by atoms with E-state index in [1.54, 1.807) is 0 Å². The molecule has 0 saturated heterocycles. The van der Waals surface area contributed by atoms with Gasteiger partial charge in [-0.15, -0.1) is 5.10 Å². The molecule has 1 unspecified atom stereocenters. The molecule has 0 fully saturated rings. The SMILES string of the molecule is CCCCC(C)n1nnnc1CNCC. The fourth-order valence-electron chi connectivity index (χ4n) is 1.53. The Balaban J connectivity index is 2.54. The van der Waals surface area contributed by atoms with Crippen LogP contribution in [0.2, 0.25) is 0 Å². The van der Waals surface area contributed by atoms with Crippen LogP contribution in [0, 0.1) is 0 Å². The summed E-state index contributed by atoms with van der Waals surface area (Å²) in [7, 11) is 0. The minimum atomic E-state index is 0.397. The maximum Gasteiger partial charge on any atom is 0.165 e. The molecule has 1 rings (SSSR count). The second kappa shape index (κ2) is 6.50. The smallest absolute Gasteiger partial charge is 0.165 e. The van der Waals surface area contributed by atoms with Crippen LogP contribution in [0.5, 0.6) is 0 Å². The Morgan fingerprint density at radius 3 is 2.87 bits per heavy atom. The molecule has 1 aromatic rings. The van der Waals surface area contributed by atoms with Crippen LogP contribution >= 0.6 is 0 Å². The van der Waals surface area contributed by atoms with Gasteiger partial charge in [-0.1, -0.05) is 26.7 Å². The van der Waals surface area contributed by atoms with Gasteiger partial charge in [-0.05, 0) is 30.3 Å². The van der Waals surface area contributed by atoms with Crippen LogP contribution in [0.4, 0.5) is 0 Å². The standard InChI is InChI=1S/C10H21N5/c1-4-6-7-9(3)15-10(8-11-5-2)12-13-14-15/h9,11H,4-8H2,1-3H3. The predicted molar refractivity (Wildman–Crippen MR) is 59.4 cm³/mol. The van der Waals surface area contributed by atoms with Gasteiger partial charge in [0.25, 0.3) is 0 Å². The fourth-order valence-corrected chi connectivity index (χ4v) is 1.53. The number of rotatable bonds is 7. The summed E-state index contributed by atoms with van der Waals surface area (Å²) in [6.45, 7) is 8.14. The number of hydrogen-bond donors (Lipinski definition) is 1. The minimum absolute atomic E-state index is 0.397. The van der Waals surface area contributed by atoms with Gasteiger partial charge < -0.3 is 5.32 Å². The third-order valence-corrected chi connectivity index (χ3v) is 2.49. The summed E-state index contributed by atoms with van der Waals surface area (Å²) in [6, 6.07) is 0.397. The van der Waals surface area contributed by atoms with E-state index in [0.29, 0.717) is 6.04 Å². The second-order valence-electron chi connectivity index (χ2n) is 3.81. The number of nitrogens with zero attached hydrogens (tertiary/aromatic N) is 4. The minimum Gasteiger partial charge on any atom is -0.310 e. The van der Waals surface area contributed by atoms with Gasteiger partial charge in [-0.3, -0.25) is 0 Å². The van der Waals surface area contributed by atoms with Crippen LogP contribution in [-0.4, -0.2) is 26.8 Å². The van der Waals surface area contributed by atoms with Crippen molar-refractivity contribution in [1.29, 1.82) is 0 Å². The van der Waals surface area contributed by atoms with Crippen molar-refractivity contribution in [3.63, 3.8) is 0 Å². The van der Waals surface area contributed by atoms with Crippen LogP contribution < -0.4 is 5.32 Å². The molecule has 15 heavy (non-hydrogen) atoms. The predicted octanol–water partition coefficient (Wildman–Crippen LogP) is 1.53. The summed E-state index contributed by atoms with van der Waals surface area (Å²) in [5.41, 5.74) is 0. The van der Waals surface area contributed by atoms with Gasteiger partial charge in [-0.25, -0.2) is 4.68 Å². The van der Waals surface area contributed by atoms with Crippen molar-refractivity contribution in [2.45, 2.75) is 52.6 Å². The zero-order valence-electron chi connectivity index (χ0n) is 9.90. The van der Waals surface area contributed by atoms with Gasteiger partial charge in [0.05, 0.1) is 12.6 Å². The van der Waals surface area contributed by atoms with Gasteiger partial charge in [-0.2, -0.15) is 0 Å². The van der Waals surface area contributed by atoms with Gasteiger partial charge in [0.15, 0.2) is 5.82 Å². The third kappa shape index (κ3) is 3.58. The van der Waals surface area contributed by atoms with E-state index < -0.39 is 0 Å². The van der Waals surface area contributed by atoms with E-state index >= 15 is 0 Å². The van der Waals surface area contributed by atoms with E-state index in [0.717, 1.165) is 25.3 Å². The van der Waals surface area contributed by atoms with Crippen LogP contribution in [0.3, 0.4) is 0 Å². The largest absolute Gasteiger partial charge is 0.310 e. The van der Waals surface area contributed by atoms with E-state index in [2.05, 4.69) is 41.6 Å². The Bertz CT molecular complexity index is 271. The van der Waals surface area contributed by atoms with Crippen LogP contribution in [0.25, 0.3) is 0 Å². The Hall–Kier alpha value is -0.970. The molecule has 1 N–H and O–H groups in total. The highest BCUT2D eigenvalue weighted by molar-refractivity contribution is 4.82. The summed E-state index contributed by atoms with van der Waals surface area (Å²) >= 11 is 0. The molecule has 86 valence electrons. The van der Waals surface area contributed by atoms with Crippen molar-refractivity contribution in [3.05, 3.63) is 5.82 Å². The Kier molecular flexibility index (Phi) is 5.25. The van der Waals surface area contributed by atoms with Crippen molar-refractivity contribution in [2.75, 3.05) is 6.54 Å². The molecule has 0 aliphatic heterocycles. The first-order valence-electron chi connectivity index (χ1n) is 5.77. The maximum atomic E-state index is 4.04. The topological polar surface area (TPSA) is 55.6 Å². The zero-order chi connectivity index (χ0) is 11.1. The molecule has 0 saturated carbocycles. The van der Waals surface area contributed by atoms with Crippen molar-refractivity contribution in [3.8, 4) is 0 Å². The second-order valence-corrected chi connectivity index (χ2v) is 3.81. The van der Waals surface area contributed by atoms with Crippen LogP contribution in [0.1, 0.15) is 51.9 Å². The Morgan fingerprint density at radius 2 is 2.20 bits per heavy atom. The van der Waals surface area contributed by atoms with Crippen molar-refractivity contribution in [1.82, 2.24) is 25.5 Å². The molecule has 0 bridgehead atoms. The van der Waals surface area contributed by atoms with Crippen molar-refractivity contribution >= 4 is 0 Å². The third-order valence-electron chi connectivity index (χ3n) is 2.49. The average molecular weight is 211 g/mol. The molecule has 0 aliphatic rings. The lowest BCUT2D eigenvalue weighted by molar-refractivity contribution is 0.415. The summed E-state index contributed by atoms with van der Waals surface area (Å²) in [5.74, 6) is 0.931. The molecule has 5 nitrogen and oxygen atoms in total. The van der Waals surface area contributed by atoms with Crippen LogP contribution in [-0.2, 0) is 6.54 Å². The molecule has 1 heterocycles. The first kappa shape index (κ1) is 12.1. The summed E-state index contributed by atoms with van der Waals surface area (Å²) in [4.78, 5) is 0. The highest BCUT2D eigenvalue weighted by atomic mass is 15.6. The first-order valence-corrected chi connectivity index (χ1v) is 5.77. The van der Waals surface area contributed by atoms with Crippen LogP contribution in [0.15, 0.2) is 0 Å². The normalized spacial score (nSPS) is 13.0. The molecular weight excluding hydrogens is 190 g/mol. The average Bonchev–Trinajstić information content (AvgIpc) is 2.71. The Morgan fingerprint density at radius 1 is 1.40 bits per heavy atom. The molecular formula is C10H21N5. The monoisotopic (exact) mass is 211 g/mol. The first-order chi connectivity index (χ1) is 7.29. The molecule has 1 atom stereocenters. The van der Waals surface area contributed by atoms with Gasteiger partial charge in [0, 0.05) is 0 Å². The summed E-state index contributed by atoms with van der Waals surface area (Å²) in [6.07, 6.45) is 3.58. The van der Waals surface area contributed by atoms with E-state index in [1.165, 1.54) is 12.8 Å². The molecule has 0 radical (unpaired) electrons. The quantitative estimate of drug-likeness (QED) is 0.743. The Labute approximate surface area is 91.2 Å². The van der Waals surface area contributed by atoms with Crippen molar-refractivity contribution < 1.29 is 0 Å². The van der Waals surface area contributed by atoms with Gasteiger partial charge >= 0.3 is 0 Å². The lowest BCUT2D eigenvalue weighted by Crippen LogP contribution is -2.19. The highest BCUT2D eigenvalue weighted by Gasteiger charge is 2.11. The molecule has 0 amide bonds. The molecule has 0 spiro atoms. The molecule has 5 heteroatoms. The molecule has 0 aromatic carbocycles. The van der Waals surface area contributed by atoms with Gasteiger partial charge in [0.2, 0.25) is 0 Å². The summed E-state index contributed by atoms with van der Waals surface area (Å²) in [5, 5.41) is 15.0. The number of unbranched alkanes of at least 4 members (excludes halogenated alkanes) is 1. The number of aromatic nitrogens is 4. The number of tetrazole rings is 1. The molecule has 1 aromatic heterocycles. The van der Waals surface area contributed by atoms with E-state index in [1.807, 2.05) is 4.68 Å². The summed E-state index contributed by atoms with van der Waals surface area (Å²) < 4.78 is 1.93. The number of hydrogen-bond acceptors (Lipinski definition) is 4. The molecule has 0 aliphatic carbocycles.